The highest BCUT2D eigenvalue weighted by Crippen LogP contribution is 2.32. The van der Waals surface area contributed by atoms with Crippen molar-refractivity contribution < 1.29 is 9.13 Å². The maximum Gasteiger partial charge on any atom is 0.141 e. The fourth-order valence-corrected chi connectivity index (χ4v) is 2.83. The highest BCUT2D eigenvalue weighted by Gasteiger charge is 2.05. The van der Waals surface area contributed by atoms with Crippen molar-refractivity contribution in [2.75, 3.05) is 12.3 Å². The van der Waals surface area contributed by atoms with E-state index in [2.05, 4.69) is 0 Å². The Balaban J connectivity index is 2.09. The zero-order valence-corrected chi connectivity index (χ0v) is 12.6. The zero-order valence-electron chi connectivity index (χ0n) is 11.0. The summed E-state index contributed by atoms with van der Waals surface area (Å²) in [6.45, 7) is 2.55. The number of hydrogen-bond donors (Lipinski definition) is 1. The summed E-state index contributed by atoms with van der Waals surface area (Å²) in [5.41, 5.74) is 7.59. The largest absolute Gasteiger partial charge is 0.494 e. The van der Waals surface area contributed by atoms with Crippen molar-refractivity contribution in [2.24, 2.45) is 0 Å². The lowest BCUT2D eigenvalue weighted by Gasteiger charge is -2.09. The number of nitrogen functional groups attached to an aromatic ring is 1. The van der Waals surface area contributed by atoms with E-state index >= 15 is 0 Å². The van der Waals surface area contributed by atoms with Crippen molar-refractivity contribution in [1.82, 2.24) is 0 Å². The summed E-state index contributed by atoms with van der Waals surface area (Å²) in [5.74, 6) is 1.05. The second kappa shape index (κ2) is 6.86. The molecule has 0 fully saturated rings. The second-order valence-electron chi connectivity index (χ2n) is 4.17. The topological polar surface area (TPSA) is 35.2 Å². The van der Waals surface area contributed by atoms with Gasteiger partial charge in [-0.25, -0.2) is 4.39 Å². The Bertz CT molecular complexity index is 606. The molecule has 0 spiro atoms. The SMILES string of the molecule is CCOc1ccc(N)c(SCc2ccc(F)c(Cl)c2)c1. The van der Waals surface area contributed by atoms with Gasteiger partial charge in [0, 0.05) is 16.3 Å². The lowest BCUT2D eigenvalue weighted by molar-refractivity contribution is 0.339. The Morgan fingerprint density at radius 2 is 2.05 bits per heavy atom. The maximum absolute atomic E-state index is 13.1. The first kappa shape index (κ1) is 15.0. The number of ether oxygens (including phenoxy) is 1. The number of benzene rings is 2. The summed E-state index contributed by atoms with van der Waals surface area (Å²) < 4.78 is 18.5. The molecule has 0 radical (unpaired) electrons. The minimum Gasteiger partial charge on any atom is -0.494 e. The number of anilines is 1. The van der Waals surface area contributed by atoms with E-state index in [0.29, 0.717) is 18.0 Å². The molecular formula is C15H15ClFNOS. The molecule has 106 valence electrons. The van der Waals surface area contributed by atoms with Gasteiger partial charge in [-0.05, 0) is 42.8 Å². The molecule has 0 bridgehead atoms. The number of hydrogen-bond acceptors (Lipinski definition) is 3. The molecule has 0 saturated carbocycles. The standard InChI is InChI=1S/C15H15ClFNOS/c1-2-19-11-4-6-14(18)15(8-11)20-9-10-3-5-13(17)12(16)7-10/h3-8H,2,9,18H2,1H3. The van der Waals surface area contributed by atoms with Crippen molar-refractivity contribution in [3.05, 3.63) is 52.8 Å². The molecule has 5 heteroatoms. The molecule has 0 atom stereocenters. The maximum atomic E-state index is 13.1. The van der Waals surface area contributed by atoms with E-state index in [1.807, 2.05) is 25.1 Å². The monoisotopic (exact) mass is 311 g/mol. The summed E-state index contributed by atoms with van der Waals surface area (Å²) in [6.07, 6.45) is 0. The molecule has 0 saturated heterocycles. The van der Waals surface area contributed by atoms with Gasteiger partial charge in [0.05, 0.1) is 11.6 Å². The van der Waals surface area contributed by atoms with Gasteiger partial charge in [-0.1, -0.05) is 17.7 Å². The van der Waals surface area contributed by atoms with E-state index in [-0.39, 0.29) is 5.02 Å². The third-order valence-electron chi connectivity index (χ3n) is 2.67. The van der Waals surface area contributed by atoms with E-state index in [4.69, 9.17) is 22.1 Å². The molecule has 2 aromatic carbocycles. The van der Waals surface area contributed by atoms with Gasteiger partial charge in [0.15, 0.2) is 0 Å². The normalized spacial score (nSPS) is 10.6. The fraction of sp³-hybridized carbons (Fsp3) is 0.200. The van der Waals surface area contributed by atoms with Crippen LogP contribution in [0.5, 0.6) is 5.75 Å². The zero-order chi connectivity index (χ0) is 14.5. The lowest BCUT2D eigenvalue weighted by atomic mass is 10.2. The Kier molecular flexibility index (Phi) is 5.15. The number of nitrogens with two attached hydrogens (primary N) is 1. The summed E-state index contributed by atoms with van der Waals surface area (Å²) in [4.78, 5) is 0.941. The van der Waals surface area contributed by atoms with Gasteiger partial charge < -0.3 is 10.5 Å². The summed E-state index contributed by atoms with van der Waals surface area (Å²) >= 11 is 7.33. The Labute approximate surface area is 127 Å². The molecule has 0 aliphatic heterocycles. The Morgan fingerprint density at radius 3 is 2.75 bits per heavy atom. The Hall–Kier alpha value is -1.39. The first-order valence-corrected chi connectivity index (χ1v) is 7.55. The van der Waals surface area contributed by atoms with Gasteiger partial charge in [0.2, 0.25) is 0 Å². The van der Waals surface area contributed by atoms with Crippen LogP contribution in [0.1, 0.15) is 12.5 Å². The van der Waals surface area contributed by atoms with Crippen LogP contribution in [0.2, 0.25) is 5.02 Å². The van der Waals surface area contributed by atoms with Crippen molar-refractivity contribution in [2.45, 2.75) is 17.6 Å². The van der Waals surface area contributed by atoms with Gasteiger partial charge in [0.1, 0.15) is 11.6 Å². The van der Waals surface area contributed by atoms with Crippen LogP contribution in [-0.2, 0) is 5.75 Å². The van der Waals surface area contributed by atoms with Gasteiger partial charge in [-0.3, -0.25) is 0 Å². The molecule has 0 aromatic heterocycles. The predicted octanol–water partition coefficient (Wildman–Crippen LogP) is 4.75. The van der Waals surface area contributed by atoms with Crippen molar-refractivity contribution in [3.63, 3.8) is 0 Å². The number of halogens is 2. The van der Waals surface area contributed by atoms with Crippen LogP contribution in [-0.4, -0.2) is 6.61 Å². The average molecular weight is 312 g/mol. The van der Waals surface area contributed by atoms with E-state index < -0.39 is 5.82 Å². The molecule has 2 aromatic rings. The third-order valence-corrected chi connectivity index (χ3v) is 4.11. The molecule has 0 aliphatic carbocycles. The second-order valence-corrected chi connectivity index (χ2v) is 5.59. The number of rotatable bonds is 5. The van der Waals surface area contributed by atoms with Gasteiger partial charge in [-0.15, -0.1) is 11.8 Å². The summed E-state index contributed by atoms with van der Waals surface area (Å²) in [5, 5.41) is 0.138. The molecule has 2 rings (SSSR count). The predicted molar refractivity (Wildman–Crippen MR) is 83.0 cm³/mol. The van der Waals surface area contributed by atoms with Crippen molar-refractivity contribution >= 4 is 29.1 Å². The summed E-state index contributed by atoms with van der Waals surface area (Å²) in [6, 6.07) is 10.3. The summed E-state index contributed by atoms with van der Waals surface area (Å²) in [7, 11) is 0. The van der Waals surface area contributed by atoms with E-state index in [9.17, 15) is 4.39 Å². The van der Waals surface area contributed by atoms with Gasteiger partial charge in [-0.2, -0.15) is 0 Å². The average Bonchev–Trinajstić information content (AvgIpc) is 2.43. The quantitative estimate of drug-likeness (QED) is 0.639. The molecule has 0 aliphatic rings. The fourth-order valence-electron chi connectivity index (χ4n) is 1.69. The highest BCUT2D eigenvalue weighted by molar-refractivity contribution is 7.98. The van der Waals surface area contributed by atoms with Gasteiger partial charge in [0.25, 0.3) is 0 Å². The van der Waals surface area contributed by atoms with Crippen molar-refractivity contribution in [1.29, 1.82) is 0 Å². The number of thioether (sulfide) groups is 1. The molecule has 0 heterocycles. The molecule has 0 amide bonds. The van der Waals surface area contributed by atoms with Crippen LogP contribution in [0.25, 0.3) is 0 Å². The molecular weight excluding hydrogens is 297 g/mol. The minimum absolute atomic E-state index is 0.138. The van der Waals surface area contributed by atoms with Crippen LogP contribution in [0.4, 0.5) is 10.1 Å². The minimum atomic E-state index is -0.404. The van der Waals surface area contributed by atoms with Crippen LogP contribution >= 0.6 is 23.4 Å². The van der Waals surface area contributed by atoms with E-state index in [0.717, 1.165) is 16.2 Å². The van der Waals surface area contributed by atoms with E-state index in [1.54, 1.807) is 23.9 Å². The van der Waals surface area contributed by atoms with Crippen molar-refractivity contribution in [3.8, 4) is 5.75 Å². The first-order valence-electron chi connectivity index (χ1n) is 6.19. The molecule has 2 N–H and O–H groups in total. The molecule has 2 nitrogen and oxygen atoms in total. The lowest BCUT2D eigenvalue weighted by Crippen LogP contribution is -1.94. The molecule has 20 heavy (non-hydrogen) atoms. The van der Waals surface area contributed by atoms with Crippen LogP contribution in [0, 0.1) is 5.82 Å². The first-order chi connectivity index (χ1) is 9.60. The van der Waals surface area contributed by atoms with E-state index in [1.165, 1.54) is 6.07 Å². The Morgan fingerprint density at radius 1 is 1.25 bits per heavy atom. The highest BCUT2D eigenvalue weighted by atomic mass is 35.5. The molecule has 0 unspecified atom stereocenters. The van der Waals surface area contributed by atoms with Gasteiger partial charge >= 0.3 is 0 Å². The smallest absolute Gasteiger partial charge is 0.141 e. The van der Waals surface area contributed by atoms with Crippen LogP contribution in [0.3, 0.4) is 0 Å². The van der Waals surface area contributed by atoms with Crippen LogP contribution < -0.4 is 10.5 Å². The van der Waals surface area contributed by atoms with Crippen LogP contribution in [0.15, 0.2) is 41.3 Å². The third kappa shape index (κ3) is 3.81.